The van der Waals surface area contributed by atoms with Gasteiger partial charge in [-0.2, -0.15) is 0 Å². The number of benzene rings is 2. The van der Waals surface area contributed by atoms with E-state index in [0.29, 0.717) is 11.4 Å². The van der Waals surface area contributed by atoms with Crippen molar-refractivity contribution in [2.45, 2.75) is 12.1 Å². The predicted octanol–water partition coefficient (Wildman–Crippen LogP) is 3.58. The molecule has 0 bridgehead atoms. The minimum Gasteiger partial charge on any atom is -0.508 e. The standard InChI is InChI=1S/C22H17N3O4/c1-28-22(27)19-20(12-6-8-13(26)9-7-12)29-21-15-5-3-11-24-17(15)16-14(18(21)25-19)4-2-10-23-16/h2-11,19-20,25-26H,1H3. The maximum absolute atomic E-state index is 12.6. The second-order valence-corrected chi connectivity index (χ2v) is 6.78. The van der Waals surface area contributed by atoms with Crippen LogP contribution in [0.1, 0.15) is 11.7 Å². The Morgan fingerprint density at radius 3 is 2.38 bits per heavy atom. The number of aromatic nitrogens is 2. The molecule has 2 aromatic carbocycles. The number of esters is 1. The summed E-state index contributed by atoms with van der Waals surface area (Å²) in [5, 5.41) is 14.6. The number of carbonyl (C=O) groups excluding carboxylic acids is 1. The van der Waals surface area contributed by atoms with E-state index in [1.807, 2.05) is 24.3 Å². The zero-order valence-electron chi connectivity index (χ0n) is 15.5. The Morgan fingerprint density at radius 1 is 1.03 bits per heavy atom. The van der Waals surface area contributed by atoms with E-state index in [4.69, 9.17) is 9.47 Å². The molecular weight excluding hydrogens is 370 g/mol. The van der Waals surface area contributed by atoms with Gasteiger partial charge in [0, 0.05) is 23.2 Å². The molecule has 0 saturated carbocycles. The number of hydrogen-bond donors (Lipinski definition) is 2. The number of phenolic OH excluding ortho intramolecular Hbond substituents is 1. The van der Waals surface area contributed by atoms with Crippen LogP contribution in [0, 0.1) is 0 Å². The molecule has 0 aliphatic carbocycles. The molecule has 7 nitrogen and oxygen atoms in total. The molecule has 2 aromatic heterocycles. The topological polar surface area (TPSA) is 93.6 Å². The normalized spacial score (nSPS) is 18.0. The van der Waals surface area contributed by atoms with Crippen LogP contribution < -0.4 is 10.1 Å². The molecule has 144 valence electrons. The van der Waals surface area contributed by atoms with Gasteiger partial charge in [0.15, 0.2) is 17.9 Å². The maximum atomic E-state index is 12.6. The van der Waals surface area contributed by atoms with Gasteiger partial charge in [-0.25, -0.2) is 4.79 Å². The molecule has 4 aromatic rings. The fourth-order valence-electron chi connectivity index (χ4n) is 3.76. The summed E-state index contributed by atoms with van der Waals surface area (Å²) in [5.41, 5.74) is 2.87. The third-order valence-corrected chi connectivity index (χ3v) is 5.10. The number of fused-ring (bicyclic) bond motifs is 6. The van der Waals surface area contributed by atoms with Gasteiger partial charge >= 0.3 is 5.97 Å². The fourth-order valence-corrected chi connectivity index (χ4v) is 3.76. The van der Waals surface area contributed by atoms with Gasteiger partial charge in [-0.15, -0.1) is 0 Å². The monoisotopic (exact) mass is 387 g/mol. The summed E-state index contributed by atoms with van der Waals surface area (Å²) in [4.78, 5) is 21.6. The van der Waals surface area contributed by atoms with Gasteiger partial charge in [-0.3, -0.25) is 9.97 Å². The van der Waals surface area contributed by atoms with Crippen LogP contribution >= 0.6 is 0 Å². The van der Waals surface area contributed by atoms with E-state index in [2.05, 4.69) is 15.3 Å². The van der Waals surface area contributed by atoms with Gasteiger partial charge in [0.2, 0.25) is 0 Å². The van der Waals surface area contributed by atoms with E-state index in [1.54, 1.807) is 36.7 Å². The number of aromatic hydroxyl groups is 1. The number of hydrogen-bond acceptors (Lipinski definition) is 7. The first-order valence-electron chi connectivity index (χ1n) is 9.12. The lowest BCUT2D eigenvalue weighted by molar-refractivity contribution is -0.144. The molecule has 0 fully saturated rings. The first kappa shape index (κ1) is 17.2. The van der Waals surface area contributed by atoms with Gasteiger partial charge in [0.25, 0.3) is 0 Å². The quantitative estimate of drug-likeness (QED) is 0.401. The third-order valence-electron chi connectivity index (χ3n) is 5.10. The second kappa shape index (κ2) is 6.63. The Labute approximate surface area is 165 Å². The Hall–Kier alpha value is -3.87. The molecule has 2 unspecified atom stereocenters. The number of nitrogens with zero attached hydrogens (tertiary/aromatic N) is 2. The summed E-state index contributed by atoms with van der Waals surface area (Å²) in [7, 11) is 1.34. The van der Waals surface area contributed by atoms with Crippen LogP contribution in [0.2, 0.25) is 0 Å². The minimum absolute atomic E-state index is 0.138. The Morgan fingerprint density at radius 2 is 1.69 bits per heavy atom. The van der Waals surface area contributed by atoms with Crippen molar-refractivity contribution in [1.29, 1.82) is 0 Å². The van der Waals surface area contributed by atoms with Crippen molar-refractivity contribution < 1.29 is 19.4 Å². The van der Waals surface area contributed by atoms with Crippen molar-refractivity contribution in [3.8, 4) is 11.5 Å². The van der Waals surface area contributed by atoms with Crippen LogP contribution in [-0.2, 0) is 9.53 Å². The third kappa shape index (κ3) is 2.70. The first-order valence-corrected chi connectivity index (χ1v) is 9.12. The number of nitrogens with one attached hydrogen (secondary N) is 1. The average molecular weight is 387 g/mol. The van der Waals surface area contributed by atoms with Crippen molar-refractivity contribution in [3.05, 3.63) is 66.5 Å². The zero-order valence-corrected chi connectivity index (χ0v) is 15.5. The summed E-state index contributed by atoms with van der Waals surface area (Å²) in [6, 6.07) is 13.3. The molecule has 1 aliphatic rings. The molecule has 2 atom stereocenters. The highest BCUT2D eigenvalue weighted by molar-refractivity contribution is 6.14. The zero-order chi connectivity index (χ0) is 20.0. The molecule has 5 rings (SSSR count). The second-order valence-electron chi connectivity index (χ2n) is 6.78. The Kier molecular flexibility index (Phi) is 3.94. The van der Waals surface area contributed by atoms with Gasteiger partial charge in [-0.05, 0) is 42.0 Å². The van der Waals surface area contributed by atoms with Gasteiger partial charge in [-0.1, -0.05) is 12.1 Å². The van der Waals surface area contributed by atoms with Crippen LogP contribution in [0.15, 0.2) is 60.9 Å². The molecular formula is C22H17N3O4. The molecule has 2 N–H and O–H groups in total. The number of rotatable bonds is 2. The molecule has 0 amide bonds. The molecule has 7 heteroatoms. The molecule has 0 saturated heterocycles. The van der Waals surface area contributed by atoms with E-state index in [9.17, 15) is 9.90 Å². The highest BCUT2D eigenvalue weighted by Crippen LogP contribution is 2.46. The maximum Gasteiger partial charge on any atom is 0.332 e. The Balaban J connectivity index is 1.77. The summed E-state index contributed by atoms with van der Waals surface area (Å²) in [6.45, 7) is 0. The number of anilines is 1. The fraction of sp³-hybridized carbons (Fsp3) is 0.136. The van der Waals surface area contributed by atoms with E-state index in [0.717, 1.165) is 27.4 Å². The summed E-state index contributed by atoms with van der Waals surface area (Å²) < 4.78 is 11.4. The summed E-state index contributed by atoms with van der Waals surface area (Å²) >= 11 is 0. The lowest BCUT2D eigenvalue weighted by Gasteiger charge is -2.35. The van der Waals surface area contributed by atoms with Crippen LogP contribution in [-0.4, -0.2) is 34.2 Å². The minimum atomic E-state index is -0.769. The van der Waals surface area contributed by atoms with Crippen molar-refractivity contribution >= 4 is 33.5 Å². The van der Waals surface area contributed by atoms with Gasteiger partial charge < -0.3 is 19.9 Å². The Bertz CT molecular complexity index is 1240. The van der Waals surface area contributed by atoms with E-state index >= 15 is 0 Å². The molecule has 0 radical (unpaired) electrons. The number of ether oxygens (including phenoxy) is 2. The van der Waals surface area contributed by atoms with E-state index in [1.165, 1.54) is 7.11 Å². The van der Waals surface area contributed by atoms with Crippen LogP contribution in [0.5, 0.6) is 11.5 Å². The van der Waals surface area contributed by atoms with Crippen molar-refractivity contribution in [3.63, 3.8) is 0 Å². The number of methoxy groups -OCH3 is 1. The highest BCUT2D eigenvalue weighted by atomic mass is 16.5. The molecule has 0 spiro atoms. The van der Waals surface area contributed by atoms with Crippen molar-refractivity contribution in [1.82, 2.24) is 9.97 Å². The predicted molar refractivity (Wildman–Crippen MR) is 108 cm³/mol. The summed E-state index contributed by atoms with van der Waals surface area (Å²) in [5.74, 6) is 0.295. The van der Waals surface area contributed by atoms with E-state index < -0.39 is 18.1 Å². The molecule has 29 heavy (non-hydrogen) atoms. The largest absolute Gasteiger partial charge is 0.508 e. The highest BCUT2D eigenvalue weighted by Gasteiger charge is 2.38. The number of pyridine rings is 2. The average Bonchev–Trinajstić information content (AvgIpc) is 2.78. The van der Waals surface area contributed by atoms with Crippen LogP contribution in [0.3, 0.4) is 0 Å². The molecule has 3 heterocycles. The van der Waals surface area contributed by atoms with E-state index in [-0.39, 0.29) is 5.75 Å². The number of carbonyl (C=O) groups is 1. The SMILES string of the molecule is COC(=O)C1Nc2c(c3cccnc3c3ncccc23)OC1c1ccc(O)cc1. The van der Waals surface area contributed by atoms with Crippen LogP contribution in [0.25, 0.3) is 21.8 Å². The van der Waals surface area contributed by atoms with Crippen LogP contribution in [0.4, 0.5) is 5.69 Å². The lowest BCUT2D eigenvalue weighted by Crippen LogP contribution is -2.42. The lowest BCUT2D eigenvalue weighted by atomic mass is 9.97. The molecule has 1 aliphatic heterocycles. The smallest absolute Gasteiger partial charge is 0.332 e. The van der Waals surface area contributed by atoms with Gasteiger partial charge in [0.05, 0.1) is 18.3 Å². The van der Waals surface area contributed by atoms with Crippen molar-refractivity contribution in [2.24, 2.45) is 0 Å². The first-order chi connectivity index (χ1) is 14.2. The summed E-state index contributed by atoms with van der Waals surface area (Å²) in [6.07, 6.45) is 2.78. The van der Waals surface area contributed by atoms with Crippen molar-refractivity contribution in [2.75, 3.05) is 12.4 Å². The number of phenols is 1. The van der Waals surface area contributed by atoms with Gasteiger partial charge in [0.1, 0.15) is 11.3 Å².